The third kappa shape index (κ3) is 4.03. The highest BCUT2D eigenvalue weighted by molar-refractivity contribution is 6.40. The number of rotatable bonds is 3. The quantitative estimate of drug-likeness (QED) is 0.266. The number of hydrogen-bond donors (Lipinski definition) is 1. The lowest BCUT2D eigenvalue weighted by atomic mass is 10.1. The van der Waals surface area contributed by atoms with Crippen LogP contribution in [0, 0.1) is 6.92 Å². The van der Waals surface area contributed by atoms with Gasteiger partial charge in [-0.2, -0.15) is 0 Å². The maximum Gasteiger partial charge on any atom is 0.337 e. The van der Waals surface area contributed by atoms with Crippen molar-refractivity contribution >= 4 is 40.7 Å². The summed E-state index contributed by atoms with van der Waals surface area (Å²) in [4.78, 5) is 15.9. The van der Waals surface area contributed by atoms with Crippen molar-refractivity contribution in [2.45, 2.75) is 6.92 Å². The Hall–Kier alpha value is -2.44. The number of halogens is 2. The Morgan fingerprint density at radius 3 is 2.29 bits per heavy atom. The summed E-state index contributed by atoms with van der Waals surface area (Å²) in [6.45, 7) is 4.69. The summed E-state index contributed by atoms with van der Waals surface area (Å²) in [5, 5.41) is 13.9. The van der Waals surface area contributed by atoms with E-state index in [0.29, 0.717) is 40.1 Å². The Bertz CT molecular complexity index is 889. The molecule has 148 valence electrons. The molecule has 0 spiro atoms. The number of anilines is 1. The van der Waals surface area contributed by atoms with Crippen LogP contribution in [0.4, 0.5) is 5.69 Å². The molecule has 0 aromatic heterocycles. The molecule has 2 aromatic rings. The van der Waals surface area contributed by atoms with Crippen molar-refractivity contribution in [2.75, 3.05) is 38.2 Å². The van der Waals surface area contributed by atoms with Gasteiger partial charge in [-0.15, -0.1) is 0 Å². The summed E-state index contributed by atoms with van der Waals surface area (Å²) in [5.74, 6) is 0.0212. The minimum Gasteiger partial charge on any atom is -0.465 e. The van der Waals surface area contributed by atoms with E-state index in [0.717, 1.165) is 24.3 Å². The number of oxime groups is 1. The van der Waals surface area contributed by atoms with Gasteiger partial charge in [-0.05, 0) is 42.8 Å². The van der Waals surface area contributed by atoms with E-state index in [2.05, 4.69) is 10.1 Å². The van der Waals surface area contributed by atoms with Crippen molar-refractivity contribution < 1.29 is 14.7 Å². The largest absolute Gasteiger partial charge is 0.465 e. The number of amidine groups is 1. The van der Waals surface area contributed by atoms with Crippen LogP contribution in [0.25, 0.3) is 0 Å². The third-order valence-electron chi connectivity index (χ3n) is 4.82. The Morgan fingerprint density at radius 1 is 1.11 bits per heavy atom. The summed E-state index contributed by atoms with van der Waals surface area (Å²) in [6, 6.07) is 10.7. The number of esters is 1. The Kier molecular flexibility index (Phi) is 6.31. The van der Waals surface area contributed by atoms with E-state index in [9.17, 15) is 10.0 Å². The smallest absolute Gasteiger partial charge is 0.337 e. The highest BCUT2D eigenvalue weighted by atomic mass is 35.5. The van der Waals surface area contributed by atoms with Crippen molar-refractivity contribution in [1.82, 2.24) is 4.90 Å². The maximum atomic E-state index is 11.7. The van der Waals surface area contributed by atoms with Gasteiger partial charge in [0, 0.05) is 31.9 Å². The number of carbonyl (C=O) groups excluding carboxylic acids is 1. The predicted molar refractivity (Wildman–Crippen MR) is 111 cm³/mol. The second-order valence-corrected chi connectivity index (χ2v) is 7.30. The highest BCUT2D eigenvalue weighted by Gasteiger charge is 2.25. The van der Waals surface area contributed by atoms with E-state index < -0.39 is 0 Å². The van der Waals surface area contributed by atoms with Gasteiger partial charge in [0.2, 0.25) is 0 Å². The molecule has 8 heteroatoms. The van der Waals surface area contributed by atoms with Crippen LogP contribution in [0.15, 0.2) is 41.6 Å². The number of carbonyl (C=O) groups is 1. The van der Waals surface area contributed by atoms with Gasteiger partial charge in [-0.25, -0.2) is 4.79 Å². The molecule has 0 bridgehead atoms. The van der Waals surface area contributed by atoms with Gasteiger partial charge in [-0.3, -0.25) is 0 Å². The zero-order chi connectivity index (χ0) is 20.3. The molecule has 1 N–H and O–H groups in total. The van der Waals surface area contributed by atoms with Gasteiger partial charge in [0.1, 0.15) is 0 Å². The zero-order valence-corrected chi connectivity index (χ0v) is 17.2. The normalized spacial score (nSPS) is 14.9. The fourth-order valence-corrected chi connectivity index (χ4v) is 3.96. The van der Waals surface area contributed by atoms with Crippen molar-refractivity contribution in [3.8, 4) is 0 Å². The number of ether oxygens (including phenoxy) is 1. The van der Waals surface area contributed by atoms with Crippen molar-refractivity contribution in [2.24, 2.45) is 5.16 Å². The maximum absolute atomic E-state index is 11.7. The SMILES string of the molecule is COC(=O)c1ccc(N2CCN(/C(=N/O)c3c(Cl)cccc3Cl)CC2)c(C)c1. The first-order valence-electron chi connectivity index (χ1n) is 8.81. The van der Waals surface area contributed by atoms with Crippen LogP contribution in [0.2, 0.25) is 10.0 Å². The molecular weight excluding hydrogens is 401 g/mol. The number of benzene rings is 2. The van der Waals surface area contributed by atoms with Gasteiger partial charge in [0.05, 0.1) is 28.3 Å². The second-order valence-electron chi connectivity index (χ2n) is 6.49. The van der Waals surface area contributed by atoms with E-state index in [-0.39, 0.29) is 5.97 Å². The Balaban J connectivity index is 1.75. The molecule has 1 saturated heterocycles. The molecule has 0 amide bonds. The first kappa shape index (κ1) is 20.3. The molecule has 6 nitrogen and oxygen atoms in total. The number of hydrogen-bond acceptors (Lipinski definition) is 5. The zero-order valence-electron chi connectivity index (χ0n) is 15.7. The Morgan fingerprint density at radius 2 is 1.75 bits per heavy atom. The molecule has 28 heavy (non-hydrogen) atoms. The minimum atomic E-state index is -0.347. The standard InChI is InChI=1S/C20H21Cl2N3O3/c1-13-12-14(20(26)28-2)6-7-17(13)24-8-10-25(11-9-24)19(23-27)18-15(21)4-3-5-16(18)22/h3-7,12,27H,8-11H2,1-2H3/b23-19+. The minimum absolute atomic E-state index is 0.347. The first-order chi connectivity index (χ1) is 13.5. The van der Waals surface area contributed by atoms with Gasteiger partial charge in [0.25, 0.3) is 0 Å². The van der Waals surface area contributed by atoms with Crippen LogP contribution < -0.4 is 4.90 Å². The molecule has 1 fully saturated rings. The summed E-state index contributed by atoms with van der Waals surface area (Å²) in [5.41, 5.74) is 3.12. The Labute approximate surface area is 173 Å². The molecule has 2 aromatic carbocycles. The average Bonchev–Trinajstić information content (AvgIpc) is 2.70. The third-order valence-corrected chi connectivity index (χ3v) is 5.45. The summed E-state index contributed by atoms with van der Waals surface area (Å²) in [6.07, 6.45) is 0. The molecule has 0 atom stereocenters. The lowest BCUT2D eigenvalue weighted by Crippen LogP contribution is -2.49. The number of piperazine rings is 1. The molecule has 0 saturated carbocycles. The first-order valence-corrected chi connectivity index (χ1v) is 9.57. The fourth-order valence-electron chi connectivity index (χ4n) is 3.40. The van der Waals surface area contributed by atoms with Gasteiger partial charge < -0.3 is 19.7 Å². The van der Waals surface area contributed by atoms with E-state index in [1.165, 1.54) is 7.11 Å². The van der Waals surface area contributed by atoms with E-state index >= 15 is 0 Å². The van der Waals surface area contributed by atoms with E-state index in [1.807, 2.05) is 24.0 Å². The van der Waals surface area contributed by atoms with Crippen LogP contribution in [0.3, 0.4) is 0 Å². The number of nitrogens with zero attached hydrogens (tertiary/aromatic N) is 3. The van der Waals surface area contributed by atoms with Crippen molar-refractivity contribution in [3.63, 3.8) is 0 Å². The van der Waals surface area contributed by atoms with Crippen LogP contribution >= 0.6 is 23.2 Å². The molecule has 1 aliphatic rings. The average molecular weight is 422 g/mol. The highest BCUT2D eigenvalue weighted by Crippen LogP contribution is 2.28. The lowest BCUT2D eigenvalue weighted by Gasteiger charge is -2.38. The molecule has 1 aliphatic heterocycles. The van der Waals surface area contributed by atoms with Crippen molar-refractivity contribution in [1.29, 1.82) is 0 Å². The predicted octanol–water partition coefficient (Wildman–Crippen LogP) is 4.05. The lowest BCUT2D eigenvalue weighted by molar-refractivity contribution is 0.0600. The monoisotopic (exact) mass is 421 g/mol. The van der Waals surface area contributed by atoms with Crippen LogP contribution in [0.1, 0.15) is 21.5 Å². The van der Waals surface area contributed by atoms with E-state index in [4.69, 9.17) is 27.9 Å². The number of methoxy groups -OCH3 is 1. The van der Waals surface area contributed by atoms with E-state index in [1.54, 1.807) is 24.3 Å². The topological polar surface area (TPSA) is 65.4 Å². The van der Waals surface area contributed by atoms with Crippen LogP contribution in [0.5, 0.6) is 0 Å². The van der Waals surface area contributed by atoms with Crippen LogP contribution in [-0.4, -0.2) is 55.2 Å². The molecule has 0 aliphatic carbocycles. The molecule has 0 unspecified atom stereocenters. The van der Waals surface area contributed by atoms with Gasteiger partial charge >= 0.3 is 5.97 Å². The summed E-state index contributed by atoms with van der Waals surface area (Å²) in [7, 11) is 1.37. The summed E-state index contributed by atoms with van der Waals surface area (Å²) >= 11 is 12.5. The second kappa shape index (κ2) is 8.71. The fraction of sp³-hybridized carbons (Fsp3) is 0.300. The molecule has 0 radical (unpaired) electrons. The van der Waals surface area contributed by atoms with Crippen molar-refractivity contribution in [3.05, 3.63) is 63.1 Å². The molecule has 3 rings (SSSR count). The number of aryl methyl sites for hydroxylation is 1. The van der Waals surface area contributed by atoms with Gasteiger partial charge in [-0.1, -0.05) is 34.4 Å². The van der Waals surface area contributed by atoms with Gasteiger partial charge in [0.15, 0.2) is 5.84 Å². The summed E-state index contributed by atoms with van der Waals surface area (Å²) < 4.78 is 4.77. The van der Waals surface area contributed by atoms with Crippen LogP contribution in [-0.2, 0) is 4.74 Å². The molecular formula is C20H21Cl2N3O3. The molecule has 1 heterocycles.